The third kappa shape index (κ3) is 6.22. The molecule has 0 aliphatic rings. The van der Waals surface area contributed by atoms with E-state index in [-0.39, 0.29) is 30.3 Å². The molecule has 3 aromatic rings. The number of methoxy groups -OCH3 is 2. The van der Waals surface area contributed by atoms with Crippen LogP contribution in [0.2, 0.25) is 0 Å². The Morgan fingerprint density at radius 3 is 2.36 bits per heavy atom. The molecule has 1 heterocycles. The largest absolute Gasteiger partial charge is 0.493 e. The predicted octanol–water partition coefficient (Wildman–Crippen LogP) is 1.76. The van der Waals surface area contributed by atoms with Gasteiger partial charge in [0.05, 0.1) is 38.0 Å². The third-order valence-electron chi connectivity index (χ3n) is 4.98. The van der Waals surface area contributed by atoms with Gasteiger partial charge in [-0.25, -0.2) is 4.98 Å². The van der Waals surface area contributed by atoms with Crippen molar-refractivity contribution in [1.82, 2.24) is 20.4 Å². The Hall–Kier alpha value is -4.08. The highest BCUT2D eigenvalue weighted by atomic mass is 16.5. The number of aryl methyl sites for hydroxylation is 2. The van der Waals surface area contributed by atoms with Crippen molar-refractivity contribution in [1.29, 1.82) is 0 Å². The number of carbonyl (C=O) groups excluding carboxylic acids is 2. The standard InChI is InChI=1S/C23H27N5O5/c1-15-6-8-16(9-7-15)24-13-22(30)27-26-21(29)5-4-10-28-14-25-18-12-20(33-3)19(32-2)11-17(18)23(28)31/h6-9,11-12,14,24H,4-5,10,13H2,1-3H3,(H,26,29)(H,27,30). The second-order valence-electron chi connectivity index (χ2n) is 7.39. The molecule has 0 saturated heterocycles. The summed E-state index contributed by atoms with van der Waals surface area (Å²) in [6.07, 6.45) is 1.96. The summed E-state index contributed by atoms with van der Waals surface area (Å²) in [6.45, 7) is 2.30. The van der Waals surface area contributed by atoms with E-state index in [9.17, 15) is 14.4 Å². The molecule has 1 aromatic heterocycles. The summed E-state index contributed by atoms with van der Waals surface area (Å²) in [4.78, 5) is 41.0. The number of nitrogens with zero attached hydrogens (tertiary/aromatic N) is 2. The van der Waals surface area contributed by atoms with Gasteiger partial charge in [0.2, 0.25) is 5.91 Å². The normalized spacial score (nSPS) is 10.5. The highest BCUT2D eigenvalue weighted by Crippen LogP contribution is 2.29. The Labute approximate surface area is 190 Å². The van der Waals surface area contributed by atoms with Gasteiger partial charge >= 0.3 is 0 Å². The fourth-order valence-corrected chi connectivity index (χ4v) is 3.15. The molecule has 0 unspecified atom stereocenters. The smallest absolute Gasteiger partial charge is 0.261 e. The van der Waals surface area contributed by atoms with E-state index in [1.807, 2.05) is 31.2 Å². The van der Waals surface area contributed by atoms with E-state index in [1.54, 1.807) is 12.1 Å². The number of fused-ring (bicyclic) bond motifs is 1. The molecule has 0 spiro atoms. The van der Waals surface area contributed by atoms with Gasteiger partial charge in [-0.15, -0.1) is 0 Å². The fourth-order valence-electron chi connectivity index (χ4n) is 3.15. The second-order valence-corrected chi connectivity index (χ2v) is 7.39. The summed E-state index contributed by atoms with van der Waals surface area (Å²) in [5.74, 6) is 0.200. The van der Waals surface area contributed by atoms with E-state index < -0.39 is 0 Å². The van der Waals surface area contributed by atoms with Crippen LogP contribution in [-0.4, -0.2) is 42.1 Å². The van der Waals surface area contributed by atoms with Crippen LogP contribution in [0.25, 0.3) is 10.9 Å². The van der Waals surface area contributed by atoms with Crippen molar-refractivity contribution in [2.75, 3.05) is 26.1 Å². The number of benzene rings is 2. The van der Waals surface area contributed by atoms with E-state index >= 15 is 0 Å². The lowest BCUT2D eigenvalue weighted by Crippen LogP contribution is -2.44. The first kappa shape index (κ1) is 23.6. The van der Waals surface area contributed by atoms with Gasteiger partial charge in [-0.2, -0.15) is 0 Å². The molecule has 10 heteroatoms. The van der Waals surface area contributed by atoms with Crippen LogP contribution >= 0.6 is 0 Å². The molecule has 3 N–H and O–H groups in total. The number of aromatic nitrogens is 2. The predicted molar refractivity (Wildman–Crippen MR) is 124 cm³/mol. The number of anilines is 1. The van der Waals surface area contributed by atoms with Gasteiger partial charge < -0.3 is 14.8 Å². The number of hydrazine groups is 1. The number of carbonyl (C=O) groups is 2. The number of ether oxygens (including phenoxy) is 2. The lowest BCUT2D eigenvalue weighted by atomic mass is 10.2. The summed E-state index contributed by atoms with van der Waals surface area (Å²) in [5.41, 5.74) is 6.93. The molecular weight excluding hydrogens is 426 g/mol. The Morgan fingerprint density at radius 2 is 1.67 bits per heavy atom. The molecule has 2 amide bonds. The summed E-state index contributed by atoms with van der Waals surface area (Å²) in [5, 5.41) is 3.37. The fraction of sp³-hybridized carbons (Fsp3) is 0.304. The van der Waals surface area contributed by atoms with E-state index in [0.717, 1.165) is 11.3 Å². The molecule has 0 aliphatic carbocycles. The zero-order valence-electron chi connectivity index (χ0n) is 18.8. The third-order valence-corrected chi connectivity index (χ3v) is 4.98. The quantitative estimate of drug-likeness (QED) is 0.422. The highest BCUT2D eigenvalue weighted by molar-refractivity contribution is 5.84. The Morgan fingerprint density at radius 1 is 1.00 bits per heavy atom. The summed E-state index contributed by atoms with van der Waals surface area (Å²) < 4.78 is 11.9. The van der Waals surface area contributed by atoms with Crippen molar-refractivity contribution < 1.29 is 19.1 Å². The topological polar surface area (TPSA) is 124 Å². The summed E-state index contributed by atoms with van der Waals surface area (Å²) in [6, 6.07) is 10.9. The van der Waals surface area contributed by atoms with Crippen molar-refractivity contribution in [2.45, 2.75) is 26.3 Å². The second kappa shape index (κ2) is 11.0. The zero-order chi connectivity index (χ0) is 23.8. The van der Waals surface area contributed by atoms with Gasteiger partial charge in [0, 0.05) is 24.7 Å². The molecule has 33 heavy (non-hydrogen) atoms. The van der Waals surface area contributed by atoms with E-state index in [0.29, 0.717) is 35.4 Å². The molecule has 0 bridgehead atoms. The summed E-state index contributed by atoms with van der Waals surface area (Å²) in [7, 11) is 3.01. The van der Waals surface area contributed by atoms with Gasteiger partial charge in [-0.3, -0.25) is 29.8 Å². The minimum Gasteiger partial charge on any atom is -0.493 e. The molecule has 3 rings (SSSR count). The molecule has 0 aliphatic heterocycles. The molecule has 0 atom stereocenters. The van der Waals surface area contributed by atoms with Crippen LogP contribution in [0.15, 0.2) is 47.5 Å². The molecule has 0 radical (unpaired) electrons. The van der Waals surface area contributed by atoms with Gasteiger partial charge in [0.25, 0.3) is 11.5 Å². The minimum absolute atomic E-state index is 0.0236. The number of amides is 2. The monoisotopic (exact) mass is 453 g/mol. The van der Waals surface area contributed by atoms with Gasteiger partial charge in [-0.1, -0.05) is 17.7 Å². The van der Waals surface area contributed by atoms with Crippen LogP contribution in [0.3, 0.4) is 0 Å². The van der Waals surface area contributed by atoms with Crippen LogP contribution in [0, 0.1) is 6.92 Å². The van der Waals surface area contributed by atoms with Crippen molar-refractivity contribution in [3.8, 4) is 11.5 Å². The van der Waals surface area contributed by atoms with Crippen LogP contribution in [0.5, 0.6) is 11.5 Å². The maximum absolute atomic E-state index is 12.8. The van der Waals surface area contributed by atoms with Gasteiger partial charge in [0.15, 0.2) is 11.5 Å². The minimum atomic E-state index is -0.372. The van der Waals surface area contributed by atoms with E-state index in [4.69, 9.17) is 9.47 Å². The van der Waals surface area contributed by atoms with E-state index in [1.165, 1.54) is 25.1 Å². The first-order chi connectivity index (χ1) is 15.9. The van der Waals surface area contributed by atoms with Crippen molar-refractivity contribution in [3.63, 3.8) is 0 Å². The molecule has 2 aromatic carbocycles. The maximum Gasteiger partial charge on any atom is 0.261 e. The van der Waals surface area contributed by atoms with Crippen LogP contribution < -0.4 is 31.2 Å². The Balaban J connectivity index is 1.47. The Kier molecular flexibility index (Phi) is 7.85. The Bertz CT molecular complexity index is 1190. The van der Waals surface area contributed by atoms with Gasteiger partial charge in [-0.05, 0) is 31.5 Å². The first-order valence-electron chi connectivity index (χ1n) is 10.4. The number of hydrogen-bond donors (Lipinski definition) is 3. The molecule has 174 valence electrons. The SMILES string of the molecule is COc1cc2ncn(CCCC(=O)NNC(=O)CNc3ccc(C)cc3)c(=O)c2cc1OC. The van der Waals surface area contributed by atoms with E-state index in [2.05, 4.69) is 21.2 Å². The highest BCUT2D eigenvalue weighted by Gasteiger charge is 2.11. The van der Waals surface area contributed by atoms with Crippen molar-refractivity contribution in [3.05, 3.63) is 58.6 Å². The van der Waals surface area contributed by atoms with Crippen molar-refractivity contribution in [2.24, 2.45) is 0 Å². The average molecular weight is 453 g/mol. The zero-order valence-corrected chi connectivity index (χ0v) is 18.8. The number of nitrogens with one attached hydrogen (secondary N) is 3. The first-order valence-corrected chi connectivity index (χ1v) is 10.4. The van der Waals surface area contributed by atoms with Crippen LogP contribution in [0.1, 0.15) is 18.4 Å². The van der Waals surface area contributed by atoms with Crippen molar-refractivity contribution >= 4 is 28.4 Å². The summed E-state index contributed by atoms with van der Waals surface area (Å²) >= 11 is 0. The van der Waals surface area contributed by atoms with Gasteiger partial charge in [0.1, 0.15) is 0 Å². The molecule has 0 saturated carbocycles. The maximum atomic E-state index is 12.8. The number of rotatable bonds is 9. The van der Waals surface area contributed by atoms with Crippen LogP contribution in [0.4, 0.5) is 5.69 Å². The number of hydrogen-bond acceptors (Lipinski definition) is 7. The molecular formula is C23H27N5O5. The molecule has 10 nitrogen and oxygen atoms in total. The average Bonchev–Trinajstić information content (AvgIpc) is 2.83. The van der Waals surface area contributed by atoms with Crippen LogP contribution in [-0.2, 0) is 16.1 Å². The lowest BCUT2D eigenvalue weighted by Gasteiger charge is -2.11. The lowest BCUT2D eigenvalue weighted by molar-refractivity contribution is -0.128. The molecule has 0 fully saturated rings.